The van der Waals surface area contributed by atoms with Crippen LogP contribution in [0.25, 0.3) is 0 Å². The molecule has 0 saturated heterocycles. The lowest BCUT2D eigenvalue weighted by atomic mass is 10.3. The summed E-state index contributed by atoms with van der Waals surface area (Å²) in [6.07, 6.45) is 3.62. The number of nitrogens with zero attached hydrogens (tertiary/aromatic N) is 1. The first kappa shape index (κ1) is 13.4. The Bertz CT molecular complexity index is 392. The Kier molecular flexibility index (Phi) is 5.41. The van der Waals surface area contributed by atoms with Crippen LogP contribution in [0.1, 0.15) is 24.6 Å². The molecule has 94 valence electrons. The van der Waals surface area contributed by atoms with Gasteiger partial charge in [0.15, 0.2) is 5.13 Å². The quantitative estimate of drug-likeness (QED) is 0.723. The molecule has 0 aromatic carbocycles. The summed E-state index contributed by atoms with van der Waals surface area (Å²) in [5.41, 5.74) is 0. The fourth-order valence-electron chi connectivity index (χ4n) is 1.15. The Morgan fingerprint density at radius 2 is 2.29 bits per heavy atom. The second-order valence-corrected chi connectivity index (χ2v) is 4.52. The molecule has 0 aliphatic rings. The fourth-order valence-corrected chi connectivity index (χ4v) is 2.06. The van der Waals surface area contributed by atoms with Crippen molar-refractivity contribution in [2.75, 3.05) is 11.9 Å². The third-order valence-corrected chi connectivity index (χ3v) is 2.87. The topological polar surface area (TPSA) is 91.3 Å². The number of hydrogen-bond donors (Lipinski definition) is 3. The highest BCUT2D eigenvalue weighted by Crippen LogP contribution is 2.18. The second kappa shape index (κ2) is 6.85. The zero-order chi connectivity index (χ0) is 12.7. The zero-order valence-electron chi connectivity index (χ0n) is 9.52. The average Bonchev–Trinajstić information content (AvgIpc) is 2.65. The van der Waals surface area contributed by atoms with E-state index >= 15 is 0 Å². The average molecular weight is 257 g/mol. The molecule has 0 aliphatic carbocycles. The number of aliphatic carboxylic acids is 1. The largest absolute Gasteiger partial charge is 0.481 e. The number of rotatable bonds is 6. The Hall–Kier alpha value is -1.63. The van der Waals surface area contributed by atoms with Crippen LogP contribution in [0.4, 0.5) is 9.93 Å². The number of hydrogen-bond acceptors (Lipinski definition) is 4. The minimum Gasteiger partial charge on any atom is -0.481 e. The Labute approximate surface area is 103 Å². The normalized spacial score (nSPS) is 9.94. The minimum absolute atomic E-state index is 0.0909. The monoisotopic (exact) mass is 257 g/mol. The molecular weight excluding hydrogens is 242 g/mol. The molecule has 1 aromatic rings. The molecule has 3 N–H and O–H groups in total. The summed E-state index contributed by atoms with van der Waals surface area (Å²) >= 11 is 1.43. The number of nitrogens with one attached hydrogen (secondary N) is 2. The van der Waals surface area contributed by atoms with E-state index in [1.165, 1.54) is 11.3 Å². The molecule has 0 spiro atoms. The van der Waals surface area contributed by atoms with E-state index in [2.05, 4.69) is 22.5 Å². The molecule has 1 aromatic heterocycles. The number of aryl methyl sites for hydroxylation is 1. The van der Waals surface area contributed by atoms with Crippen molar-refractivity contribution < 1.29 is 14.7 Å². The number of aromatic nitrogens is 1. The number of carbonyl (C=O) groups excluding carboxylic acids is 1. The molecule has 0 radical (unpaired) electrons. The highest BCUT2D eigenvalue weighted by molar-refractivity contribution is 7.15. The molecule has 17 heavy (non-hydrogen) atoms. The fraction of sp³-hybridized carbons (Fsp3) is 0.500. The molecule has 2 amide bonds. The Balaban J connectivity index is 2.31. The zero-order valence-corrected chi connectivity index (χ0v) is 10.3. The summed E-state index contributed by atoms with van der Waals surface area (Å²) in [6.45, 7) is 2.18. The number of carboxylic acids is 1. The molecule has 1 heterocycles. The Morgan fingerprint density at radius 1 is 1.53 bits per heavy atom. The Morgan fingerprint density at radius 3 is 2.94 bits per heavy atom. The van der Waals surface area contributed by atoms with Gasteiger partial charge in [-0.3, -0.25) is 10.1 Å². The van der Waals surface area contributed by atoms with Crippen molar-refractivity contribution in [2.24, 2.45) is 0 Å². The van der Waals surface area contributed by atoms with Crippen molar-refractivity contribution in [3.8, 4) is 0 Å². The first-order valence-electron chi connectivity index (χ1n) is 5.33. The van der Waals surface area contributed by atoms with Gasteiger partial charge in [0.25, 0.3) is 0 Å². The van der Waals surface area contributed by atoms with E-state index < -0.39 is 12.0 Å². The summed E-state index contributed by atoms with van der Waals surface area (Å²) in [6, 6.07) is -0.427. The number of anilines is 1. The number of carbonyl (C=O) groups is 2. The van der Waals surface area contributed by atoms with Crippen LogP contribution in [0, 0.1) is 0 Å². The van der Waals surface area contributed by atoms with Crippen molar-refractivity contribution in [1.82, 2.24) is 10.3 Å². The van der Waals surface area contributed by atoms with E-state index in [1.54, 1.807) is 6.20 Å². The van der Waals surface area contributed by atoms with Gasteiger partial charge in [0.2, 0.25) is 0 Å². The van der Waals surface area contributed by atoms with E-state index in [0.29, 0.717) is 5.13 Å². The highest BCUT2D eigenvalue weighted by atomic mass is 32.1. The summed E-state index contributed by atoms with van der Waals surface area (Å²) in [7, 11) is 0. The molecule has 1 rings (SSSR count). The maximum absolute atomic E-state index is 11.3. The molecule has 0 fully saturated rings. The molecule has 6 nitrogen and oxygen atoms in total. The molecule has 7 heteroatoms. The maximum Gasteiger partial charge on any atom is 0.321 e. The van der Waals surface area contributed by atoms with Crippen molar-refractivity contribution in [3.63, 3.8) is 0 Å². The molecule has 0 atom stereocenters. The lowest BCUT2D eigenvalue weighted by Gasteiger charge is -2.02. The van der Waals surface area contributed by atoms with Crippen molar-refractivity contribution in [1.29, 1.82) is 0 Å². The molecule has 0 saturated carbocycles. The van der Waals surface area contributed by atoms with E-state index in [0.717, 1.165) is 17.7 Å². The molecular formula is C10H15N3O3S. The lowest BCUT2D eigenvalue weighted by Crippen LogP contribution is -2.30. The molecule has 0 aliphatic heterocycles. The van der Waals surface area contributed by atoms with Gasteiger partial charge in [-0.1, -0.05) is 13.3 Å². The van der Waals surface area contributed by atoms with E-state index in [-0.39, 0.29) is 13.0 Å². The van der Waals surface area contributed by atoms with Gasteiger partial charge in [-0.2, -0.15) is 0 Å². The number of urea groups is 1. The van der Waals surface area contributed by atoms with Gasteiger partial charge in [0, 0.05) is 17.6 Å². The van der Waals surface area contributed by atoms with Crippen LogP contribution < -0.4 is 10.6 Å². The van der Waals surface area contributed by atoms with Gasteiger partial charge >= 0.3 is 12.0 Å². The van der Waals surface area contributed by atoms with Gasteiger partial charge in [0.05, 0.1) is 6.42 Å². The van der Waals surface area contributed by atoms with Crippen molar-refractivity contribution in [3.05, 3.63) is 11.1 Å². The van der Waals surface area contributed by atoms with Gasteiger partial charge < -0.3 is 10.4 Å². The van der Waals surface area contributed by atoms with Crippen LogP contribution in [-0.2, 0) is 11.2 Å². The van der Waals surface area contributed by atoms with Crippen molar-refractivity contribution >= 4 is 28.5 Å². The van der Waals surface area contributed by atoms with Gasteiger partial charge in [-0.25, -0.2) is 9.78 Å². The van der Waals surface area contributed by atoms with E-state index in [1.807, 2.05) is 0 Å². The van der Waals surface area contributed by atoms with E-state index in [9.17, 15) is 9.59 Å². The van der Waals surface area contributed by atoms with Crippen LogP contribution in [0.15, 0.2) is 6.20 Å². The standard InChI is InChI=1S/C10H15N3O3S/c1-2-3-7-6-12-10(17-7)13-9(16)11-5-4-8(14)15/h6H,2-5H2,1H3,(H,14,15)(H2,11,12,13,16). The van der Waals surface area contributed by atoms with Crippen LogP contribution >= 0.6 is 11.3 Å². The predicted octanol–water partition coefficient (Wildman–Crippen LogP) is 1.69. The summed E-state index contributed by atoms with van der Waals surface area (Å²) < 4.78 is 0. The van der Waals surface area contributed by atoms with Crippen LogP contribution in [0.3, 0.4) is 0 Å². The van der Waals surface area contributed by atoms with Crippen LogP contribution in [-0.4, -0.2) is 28.6 Å². The number of thiazole rings is 1. The van der Waals surface area contributed by atoms with Gasteiger partial charge in [-0.05, 0) is 6.42 Å². The van der Waals surface area contributed by atoms with Crippen LogP contribution in [0.5, 0.6) is 0 Å². The first-order chi connectivity index (χ1) is 8.11. The van der Waals surface area contributed by atoms with Gasteiger partial charge in [-0.15, -0.1) is 11.3 Å². The van der Waals surface area contributed by atoms with Crippen molar-refractivity contribution in [2.45, 2.75) is 26.2 Å². The highest BCUT2D eigenvalue weighted by Gasteiger charge is 2.06. The minimum atomic E-state index is -0.940. The first-order valence-corrected chi connectivity index (χ1v) is 6.14. The predicted molar refractivity (Wildman–Crippen MR) is 65.4 cm³/mol. The SMILES string of the molecule is CCCc1cnc(NC(=O)NCCC(=O)O)s1. The number of carboxylic acid groups (broad SMARTS) is 1. The number of amides is 2. The maximum atomic E-state index is 11.3. The summed E-state index contributed by atoms with van der Waals surface area (Å²) in [4.78, 5) is 26.7. The smallest absolute Gasteiger partial charge is 0.321 e. The summed E-state index contributed by atoms with van der Waals surface area (Å²) in [5.74, 6) is -0.940. The lowest BCUT2D eigenvalue weighted by molar-refractivity contribution is -0.136. The third-order valence-electron chi connectivity index (χ3n) is 1.89. The van der Waals surface area contributed by atoms with Crippen LogP contribution in [0.2, 0.25) is 0 Å². The molecule has 0 unspecified atom stereocenters. The van der Waals surface area contributed by atoms with E-state index in [4.69, 9.17) is 5.11 Å². The summed E-state index contributed by atoms with van der Waals surface area (Å²) in [5, 5.41) is 13.9. The van der Waals surface area contributed by atoms with Gasteiger partial charge in [0.1, 0.15) is 0 Å². The second-order valence-electron chi connectivity index (χ2n) is 3.41. The molecule has 0 bridgehead atoms. The third kappa shape index (κ3) is 5.30.